The van der Waals surface area contributed by atoms with E-state index in [-0.39, 0.29) is 34.9 Å². The van der Waals surface area contributed by atoms with Crippen molar-refractivity contribution in [3.8, 4) is 11.1 Å². The van der Waals surface area contributed by atoms with E-state index in [9.17, 15) is 35.9 Å². The third kappa shape index (κ3) is 7.20. The molecule has 1 aromatic carbocycles. The highest BCUT2D eigenvalue weighted by Gasteiger charge is 2.40. The lowest BCUT2D eigenvalue weighted by Crippen LogP contribution is -2.55. The maximum absolute atomic E-state index is 14.0. The number of amides is 2. The fraction of sp³-hybridized carbons (Fsp3) is 0.552. The van der Waals surface area contributed by atoms with Crippen molar-refractivity contribution in [2.75, 3.05) is 13.6 Å². The summed E-state index contributed by atoms with van der Waals surface area (Å²) in [6.07, 6.45) is -1.47. The third-order valence-electron chi connectivity index (χ3n) is 8.11. The predicted molar refractivity (Wildman–Crippen MR) is 140 cm³/mol. The van der Waals surface area contributed by atoms with Crippen LogP contribution in [0.4, 0.5) is 26.3 Å². The molecule has 4 rings (SSSR count). The number of carbonyl (C=O) groups is 2. The van der Waals surface area contributed by atoms with Crippen LogP contribution in [0.25, 0.3) is 11.1 Å². The molecule has 0 unspecified atom stereocenters. The summed E-state index contributed by atoms with van der Waals surface area (Å²) in [5, 5.41) is 5.82. The zero-order valence-corrected chi connectivity index (χ0v) is 22.9. The molecule has 1 saturated heterocycles. The van der Waals surface area contributed by atoms with Gasteiger partial charge in [0.2, 0.25) is 11.8 Å². The van der Waals surface area contributed by atoms with E-state index in [4.69, 9.17) is 0 Å². The van der Waals surface area contributed by atoms with Crippen LogP contribution in [-0.2, 0) is 21.9 Å². The van der Waals surface area contributed by atoms with Crippen molar-refractivity contribution in [2.45, 2.75) is 82.3 Å². The first-order valence-electron chi connectivity index (χ1n) is 13.8. The average Bonchev–Trinajstić information content (AvgIpc) is 3.44. The molecule has 1 aliphatic carbocycles. The lowest BCUT2D eigenvalue weighted by Gasteiger charge is -2.35. The number of nitrogens with one attached hydrogen (secondary N) is 2. The Morgan fingerprint density at radius 1 is 0.878 bits per heavy atom. The molecule has 41 heavy (non-hydrogen) atoms. The molecule has 1 aliphatic heterocycles. The van der Waals surface area contributed by atoms with E-state index >= 15 is 0 Å². The number of likely N-dealkylation sites (tertiary alicyclic amines) is 1. The Balaban J connectivity index is 1.66. The van der Waals surface area contributed by atoms with E-state index in [2.05, 4.69) is 15.6 Å². The van der Waals surface area contributed by atoms with Gasteiger partial charge in [0.25, 0.3) is 0 Å². The van der Waals surface area contributed by atoms with E-state index < -0.39 is 41.6 Å². The first-order chi connectivity index (χ1) is 19.3. The maximum atomic E-state index is 14.0. The number of carbonyl (C=O) groups excluding carboxylic acids is 2. The summed E-state index contributed by atoms with van der Waals surface area (Å²) in [4.78, 5) is 32.5. The standard InChI is InChI=1S/C29H34F6N4O2/c1-17(36-2)26(40)38-25(18-7-4-3-5-8-18)27(41)39-10-6-9-24(39)21-11-20(15-37-16-21)19-12-22(28(30,31)32)14-23(13-19)29(33,34)35/h11-18,24-25,36H,3-10H2,1-2H3,(H,38,40)/t17-,24-,25-/m0/s1. The fourth-order valence-electron chi connectivity index (χ4n) is 5.73. The van der Waals surface area contributed by atoms with Gasteiger partial charge in [-0.1, -0.05) is 19.3 Å². The Bertz CT molecular complexity index is 1210. The third-order valence-corrected chi connectivity index (χ3v) is 8.11. The number of pyridine rings is 1. The summed E-state index contributed by atoms with van der Waals surface area (Å²) in [6, 6.07) is 1.22. The van der Waals surface area contributed by atoms with Crippen molar-refractivity contribution >= 4 is 11.8 Å². The van der Waals surface area contributed by atoms with Crippen LogP contribution < -0.4 is 10.6 Å². The van der Waals surface area contributed by atoms with E-state index in [1.54, 1.807) is 18.9 Å². The normalized spacial score (nSPS) is 20.1. The van der Waals surface area contributed by atoms with E-state index in [1.165, 1.54) is 18.5 Å². The van der Waals surface area contributed by atoms with Crippen LogP contribution in [0.1, 0.15) is 74.6 Å². The smallest absolute Gasteiger partial charge is 0.343 e. The summed E-state index contributed by atoms with van der Waals surface area (Å²) in [7, 11) is 1.65. The molecule has 0 spiro atoms. The van der Waals surface area contributed by atoms with Gasteiger partial charge in [-0.2, -0.15) is 26.3 Å². The summed E-state index contributed by atoms with van der Waals surface area (Å²) in [5.74, 6) is -0.554. The summed E-state index contributed by atoms with van der Waals surface area (Å²) >= 11 is 0. The zero-order chi connectivity index (χ0) is 29.9. The first kappa shape index (κ1) is 30.8. The Kier molecular flexibility index (Phi) is 9.30. The number of likely N-dealkylation sites (N-methyl/N-ethyl adjacent to an activating group) is 1. The Hall–Kier alpha value is -3.15. The summed E-state index contributed by atoms with van der Waals surface area (Å²) in [6.45, 7) is 2.11. The minimum Gasteiger partial charge on any atom is -0.343 e. The topological polar surface area (TPSA) is 74.3 Å². The van der Waals surface area contributed by atoms with Gasteiger partial charge in [0.05, 0.1) is 23.2 Å². The van der Waals surface area contributed by atoms with Crippen LogP contribution in [0.2, 0.25) is 0 Å². The van der Waals surface area contributed by atoms with E-state index in [0.717, 1.165) is 32.1 Å². The number of aromatic nitrogens is 1. The molecule has 2 aromatic rings. The molecule has 2 N–H and O–H groups in total. The van der Waals surface area contributed by atoms with Gasteiger partial charge in [0.1, 0.15) is 6.04 Å². The number of halogens is 6. The number of hydrogen-bond acceptors (Lipinski definition) is 4. The van der Waals surface area contributed by atoms with Gasteiger partial charge in [-0.25, -0.2) is 0 Å². The van der Waals surface area contributed by atoms with Crippen LogP contribution >= 0.6 is 0 Å². The number of nitrogens with zero attached hydrogens (tertiary/aromatic N) is 2. The minimum absolute atomic E-state index is 0.0270. The van der Waals surface area contributed by atoms with E-state index in [0.29, 0.717) is 37.1 Å². The number of alkyl halides is 6. The Labute approximate surface area is 234 Å². The van der Waals surface area contributed by atoms with Gasteiger partial charge in [-0.3, -0.25) is 14.6 Å². The maximum Gasteiger partial charge on any atom is 0.416 e. The summed E-state index contributed by atoms with van der Waals surface area (Å²) < 4.78 is 80.7. The van der Waals surface area contributed by atoms with Gasteiger partial charge in [0.15, 0.2) is 0 Å². The van der Waals surface area contributed by atoms with Crippen LogP contribution in [0, 0.1) is 5.92 Å². The van der Waals surface area contributed by atoms with Crippen LogP contribution in [0.3, 0.4) is 0 Å². The molecular weight excluding hydrogens is 550 g/mol. The second-order valence-corrected chi connectivity index (χ2v) is 10.9. The molecule has 224 valence electrons. The van der Waals surface area contributed by atoms with Crippen LogP contribution in [-0.4, -0.2) is 47.4 Å². The molecule has 2 heterocycles. The van der Waals surface area contributed by atoms with Gasteiger partial charge in [-0.15, -0.1) is 0 Å². The van der Waals surface area contributed by atoms with Crippen molar-refractivity contribution in [2.24, 2.45) is 5.92 Å². The zero-order valence-electron chi connectivity index (χ0n) is 22.9. The highest BCUT2D eigenvalue weighted by Crippen LogP contribution is 2.40. The van der Waals surface area contributed by atoms with Crippen molar-refractivity contribution in [3.63, 3.8) is 0 Å². The molecule has 1 saturated carbocycles. The van der Waals surface area contributed by atoms with Gasteiger partial charge in [-0.05, 0) is 81.0 Å². The molecule has 2 aliphatic rings. The Morgan fingerprint density at radius 3 is 2.10 bits per heavy atom. The fourth-order valence-corrected chi connectivity index (χ4v) is 5.73. The molecule has 3 atom stereocenters. The van der Waals surface area contributed by atoms with Crippen LogP contribution in [0.5, 0.6) is 0 Å². The Morgan fingerprint density at radius 2 is 1.51 bits per heavy atom. The number of rotatable bonds is 7. The highest BCUT2D eigenvalue weighted by atomic mass is 19.4. The van der Waals surface area contributed by atoms with Crippen LogP contribution in [0.15, 0.2) is 36.7 Å². The SMILES string of the molecule is CN[C@@H](C)C(=O)N[C@H](C(=O)N1CCC[C@H]1c1cncc(-c2cc(C(F)(F)F)cc(C(F)(F)F)c2)c1)C1CCCCC1. The average molecular weight is 585 g/mol. The van der Waals surface area contributed by atoms with Gasteiger partial charge >= 0.3 is 12.4 Å². The lowest BCUT2D eigenvalue weighted by atomic mass is 9.83. The minimum atomic E-state index is -4.97. The highest BCUT2D eigenvalue weighted by molar-refractivity contribution is 5.90. The molecule has 6 nitrogen and oxygen atoms in total. The second kappa shape index (κ2) is 12.4. The van der Waals surface area contributed by atoms with Gasteiger partial charge < -0.3 is 15.5 Å². The first-order valence-corrected chi connectivity index (χ1v) is 13.8. The van der Waals surface area contributed by atoms with Crippen molar-refractivity contribution in [1.82, 2.24) is 20.5 Å². The largest absolute Gasteiger partial charge is 0.416 e. The predicted octanol–water partition coefficient (Wildman–Crippen LogP) is 6.12. The van der Waals surface area contributed by atoms with Crippen molar-refractivity contribution in [1.29, 1.82) is 0 Å². The molecule has 2 amide bonds. The quantitative estimate of drug-likeness (QED) is 0.385. The molecule has 12 heteroatoms. The molecule has 1 aromatic heterocycles. The molecule has 2 fully saturated rings. The molecule has 0 radical (unpaired) electrons. The second-order valence-electron chi connectivity index (χ2n) is 10.9. The monoisotopic (exact) mass is 584 g/mol. The van der Waals surface area contributed by atoms with Gasteiger partial charge in [0, 0.05) is 24.5 Å². The van der Waals surface area contributed by atoms with E-state index in [1.807, 2.05) is 0 Å². The number of benzene rings is 1. The van der Waals surface area contributed by atoms with Crippen molar-refractivity contribution in [3.05, 3.63) is 53.3 Å². The molecule has 0 bridgehead atoms. The number of hydrogen-bond donors (Lipinski definition) is 2. The summed E-state index contributed by atoms with van der Waals surface area (Å²) in [5.41, 5.74) is -2.50. The molecular formula is C29H34F6N4O2. The lowest BCUT2D eigenvalue weighted by molar-refractivity contribution is -0.143. The van der Waals surface area contributed by atoms with Crippen molar-refractivity contribution < 1.29 is 35.9 Å².